The van der Waals surface area contributed by atoms with Crippen molar-refractivity contribution in [2.45, 2.75) is 32.6 Å². The van der Waals surface area contributed by atoms with Crippen LogP contribution in [0.5, 0.6) is 5.75 Å². The second-order valence-electron chi connectivity index (χ2n) is 9.17. The second-order valence-corrected chi connectivity index (χ2v) is 9.17. The van der Waals surface area contributed by atoms with Crippen molar-refractivity contribution in [3.63, 3.8) is 0 Å². The van der Waals surface area contributed by atoms with Gasteiger partial charge in [-0.3, -0.25) is 9.69 Å². The number of nitrogens with two attached hydrogens (primary N) is 1. The van der Waals surface area contributed by atoms with E-state index in [1.807, 2.05) is 53.4 Å². The highest BCUT2D eigenvalue weighted by molar-refractivity contribution is 6.08. The summed E-state index contributed by atoms with van der Waals surface area (Å²) in [6.45, 7) is 4.20. The molecule has 1 atom stereocenters. The zero-order valence-corrected chi connectivity index (χ0v) is 18.3. The Kier molecular flexibility index (Phi) is 4.45. The summed E-state index contributed by atoms with van der Waals surface area (Å²) in [6, 6.07) is 17.6. The predicted octanol–water partition coefficient (Wildman–Crippen LogP) is 4.40. The van der Waals surface area contributed by atoms with E-state index in [2.05, 4.69) is 24.9 Å². The highest BCUT2D eigenvalue weighted by Crippen LogP contribution is 2.53. The topological polar surface area (TPSA) is 91.7 Å². The number of fused-ring (bicyclic) bond motifs is 4. The molecular formula is C26H24N4O2. The lowest BCUT2D eigenvalue weighted by Gasteiger charge is -2.45. The number of rotatable bonds is 2. The minimum atomic E-state index is -0.553. The molecule has 6 heteroatoms. The molecule has 0 saturated heterocycles. The minimum Gasteiger partial charge on any atom is -0.496 e. The number of amidine groups is 1. The van der Waals surface area contributed by atoms with Crippen molar-refractivity contribution in [3.8, 4) is 11.8 Å². The van der Waals surface area contributed by atoms with E-state index >= 15 is 0 Å². The number of nitriles is 1. The smallest absolute Gasteiger partial charge is 0.162 e. The van der Waals surface area contributed by atoms with Crippen LogP contribution in [0.25, 0.3) is 0 Å². The molecule has 6 nitrogen and oxygen atoms in total. The number of hydrogen-bond acceptors (Lipinski definition) is 6. The van der Waals surface area contributed by atoms with Crippen LogP contribution in [0.15, 0.2) is 76.2 Å². The first kappa shape index (κ1) is 20.1. The Morgan fingerprint density at radius 1 is 1.16 bits per heavy atom. The van der Waals surface area contributed by atoms with Crippen LogP contribution in [0.1, 0.15) is 43.7 Å². The van der Waals surface area contributed by atoms with Gasteiger partial charge in [0, 0.05) is 28.8 Å². The Labute approximate surface area is 187 Å². The van der Waals surface area contributed by atoms with Crippen molar-refractivity contribution in [3.05, 3.63) is 82.3 Å². The van der Waals surface area contributed by atoms with Crippen LogP contribution in [0.3, 0.4) is 0 Å². The van der Waals surface area contributed by atoms with Crippen LogP contribution < -0.4 is 15.4 Å². The fraction of sp³-hybridized carbons (Fsp3) is 0.269. The van der Waals surface area contributed by atoms with Crippen molar-refractivity contribution < 1.29 is 9.53 Å². The van der Waals surface area contributed by atoms with Gasteiger partial charge in [0.2, 0.25) is 0 Å². The van der Waals surface area contributed by atoms with Gasteiger partial charge in [0.1, 0.15) is 11.6 Å². The lowest BCUT2D eigenvalue weighted by Crippen LogP contribution is -2.42. The number of hydrogen-bond donors (Lipinski definition) is 1. The van der Waals surface area contributed by atoms with Crippen LogP contribution in [0.2, 0.25) is 0 Å². The van der Waals surface area contributed by atoms with Gasteiger partial charge < -0.3 is 10.5 Å². The van der Waals surface area contributed by atoms with Crippen LogP contribution in [-0.2, 0) is 4.79 Å². The molecule has 0 bridgehead atoms. The van der Waals surface area contributed by atoms with Gasteiger partial charge in [0.05, 0.1) is 30.4 Å². The molecule has 0 amide bonds. The minimum absolute atomic E-state index is 0.0546. The highest BCUT2D eigenvalue weighted by atomic mass is 16.5. The molecule has 2 heterocycles. The quantitative estimate of drug-likeness (QED) is 0.772. The third-order valence-corrected chi connectivity index (χ3v) is 6.41. The van der Waals surface area contributed by atoms with Crippen LogP contribution in [0, 0.1) is 16.7 Å². The first-order valence-corrected chi connectivity index (χ1v) is 10.6. The normalized spacial score (nSPS) is 21.3. The van der Waals surface area contributed by atoms with Crippen molar-refractivity contribution >= 4 is 17.3 Å². The first-order valence-electron chi connectivity index (χ1n) is 10.6. The Balaban J connectivity index is 1.87. The van der Waals surface area contributed by atoms with Gasteiger partial charge >= 0.3 is 0 Å². The van der Waals surface area contributed by atoms with E-state index in [1.165, 1.54) is 0 Å². The second kappa shape index (κ2) is 7.10. The lowest BCUT2D eigenvalue weighted by molar-refractivity contribution is -0.118. The predicted molar refractivity (Wildman–Crippen MR) is 123 cm³/mol. The number of para-hydroxylation sites is 2. The largest absolute Gasteiger partial charge is 0.496 e. The maximum Gasteiger partial charge on any atom is 0.162 e. The summed E-state index contributed by atoms with van der Waals surface area (Å²) >= 11 is 0. The molecular weight excluding hydrogens is 400 g/mol. The van der Waals surface area contributed by atoms with Crippen LogP contribution in [0.4, 0.5) is 5.69 Å². The number of carbonyl (C=O) groups excluding carboxylic acids is 1. The summed E-state index contributed by atoms with van der Waals surface area (Å²) in [7, 11) is 1.60. The molecule has 3 aliphatic rings. The number of anilines is 1. The number of ketones is 1. The average Bonchev–Trinajstić information content (AvgIpc) is 2.77. The van der Waals surface area contributed by atoms with E-state index in [-0.39, 0.29) is 11.2 Å². The number of aliphatic imine (C=N–C) groups is 1. The van der Waals surface area contributed by atoms with E-state index < -0.39 is 5.92 Å². The number of nitrogens with zero attached hydrogens (tertiary/aromatic N) is 3. The van der Waals surface area contributed by atoms with Gasteiger partial charge in [0.25, 0.3) is 0 Å². The molecule has 0 spiro atoms. The molecule has 32 heavy (non-hydrogen) atoms. The maximum atomic E-state index is 13.6. The van der Waals surface area contributed by atoms with E-state index in [9.17, 15) is 10.1 Å². The van der Waals surface area contributed by atoms with E-state index in [4.69, 9.17) is 10.5 Å². The summed E-state index contributed by atoms with van der Waals surface area (Å²) in [5.74, 6) is 0.992. The van der Waals surface area contributed by atoms with Crippen molar-refractivity contribution in [1.82, 2.24) is 0 Å². The van der Waals surface area contributed by atoms with Gasteiger partial charge in [-0.05, 0) is 30.0 Å². The summed E-state index contributed by atoms with van der Waals surface area (Å²) < 4.78 is 5.62. The number of benzene rings is 2. The summed E-state index contributed by atoms with van der Waals surface area (Å²) in [5, 5.41) is 10.3. The molecule has 0 saturated carbocycles. The molecule has 160 valence electrons. The summed E-state index contributed by atoms with van der Waals surface area (Å²) in [5.41, 5.74) is 10.5. The number of Topliss-reactive ketones (excluding diaryl/α,β-unsaturated/α-hetero) is 1. The third kappa shape index (κ3) is 2.85. The van der Waals surface area contributed by atoms with Crippen LogP contribution >= 0.6 is 0 Å². The fourth-order valence-corrected chi connectivity index (χ4v) is 5.11. The van der Waals surface area contributed by atoms with E-state index in [1.54, 1.807) is 7.11 Å². The zero-order valence-electron chi connectivity index (χ0n) is 18.3. The van der Waals surface area contributed by atoms with Crippen molar-refractivity contribution in [2.75, 3.05) is 12.0 Å². The molecule has 1 aliphatic carbocycles. The first-order chi connectivity index (χ1) is 15.4. The molecule has 2 N–H and O–H groups in total. The summed E-state index contributed by atoms with van der Waals surface area (Å²) in [4.78, 5) is 20.3. The molecule has 2 aromatic carbocycles. The SMILES string of the molecule is COc1ccccc1[C@H]1C(C#N)=C2N=C(N)c3ccccc3N2C2=C1C(=O)CC(C)(C)C2. The van der Waals surface area contributed by atoms with Gasteiger partial charge in [-0.2, -0.15) is 5.26 Å². The standard InChI is InChI=1S/C26H24N4O2/c1-26(2)12-19-23(20(31)13-26)22(16-9-5-7-11-21(16)32-3)17(14-27)25-29-24(28)15-8-4-6-10-18(15)30(19)25/h4-11,22H,12-13H2,1-3H3,(H2,28,29)/t22-/m0/s1. The molecule has 2 aromatic rings. The molecule has 2 aliphatic heterocycles. The maximum absolute atomic E-state index is 13.6. The lowest BCUT2D eigenvalue weighted by atomic mass is 9.68. The molecule has 0 fully saturated rings. The van der Waals surface area contributed by atoms with Gasteiger partial charge in [-0.1, -0.05) is 44.2 Å². The van der Waals surface area contributed by atoms with Gasteiger partial charge in [-0.25, -0.2) is 4.99 Å². The Hall–Kier alpha value is -3.85. The van der Waals surface area contributed by atoms with E-state index in [0.29, 0.717) is 41.4 Å². The molecule has 5 rings (SSSR count). The number of carbonyl (C=O) groups is 1. The molecule has 0 radical (unpaired) electrons. The third-order valence-electron chi connectivity index (χ3n) is 6.41. The van der Waals surface area contributed by atoms with Crippen molar-refractivity contribution in [1.29, 1.82) is 5.26 Å². The Morgan fingerprint density at radius 2 is 1.88 bits per heavy atom. The fourth-order valence-electron chi connectivity index (χ4n) is 5.11. The number of methoxy groups -OCH3 is 1. The highest BCUT2D eigenvalue weighted by Gasteiger charge is 2.47. The van der Waals surface area contributed by atoms with Gasteiger partial charge in [-0.15, -0.1) is 0 Å². The van der Waals surface area contributed by atoms with Gasteiger partial charge in [0.15, 0.2) is 11.6 Å². The van der Waals surface area contributed by atoms with Crippen LogP contribution in [-0.4, -0.2) is 18.7 Å². The number of allylic oxidation sites excluding steroid dienone is 3. The van der Waals surface area contributed by atoms with Crippen molar-refractivity contribution in [2.24, 2.45) is 16.1 Å². The average molecular weight is 425 g/mol. The molecule has 0 unspecified atom stereocenters. The number of ether oxygens (including phenoxy) is 1. The Morgan fingerprint density at radius 3 is 2.62 bits per heavy atom. The monoisotopic (exact) mass is 424 g/mol. The zero-order chi connectivity index (χ0) is 22.6. The Bertz CT molecular complexity index is 1290. The molecule has 0 aromatic heterocycles. The summed E-state index contributed by atoms with van der Waals surface area (Å²) in [6.07, 6.45) is 1.11. The van der Waals surface area contributed by atoms with E-state index in [0.717, 1.165) is 22.5 Å².